The first-order valence-electron chi connectivity index (χ1n) is 8.05. The van der Waals surface area contributed by atoms with Crippen molar-refractivity contribution in [3.05, 3.63) is 97.0 Å². The van der Waals surface area contributed by atoms with Crippen LogP contribution in [0.25, 0.3) is 16.9 Å². The Hall–Kier alpha value is -3.53. The van der Waals surface area contributed by atoms with Crippen molar-refractivity contribution < 1.29 is 0 Å². The normalized spacial score (nSPS) is 11.0. The smallest absolute Gasteiger partial charge is 0.118 e. The van der Waals surface area contributed by atoms with E-state index < -0.39 is 0 Å². The molecule has 4 rings (SSSR count). The molecular weight excluding hydrogens is 308 g/mol. The highest BCUT2D eigenvalue weighted by atomic mass is 15.3. The fourth-order valence-corrected chi connectivity index (χ4v) is 2.57. The lowest BCUT2D eigenvalue weighted by Gasteiger charge is -1.99. The van der Waals surface area contributed by atoms with Crippen molar-refractivity contribution in [1.29, 1.82) is 0 Å². The molecule has 0 aliphatic rings. The molecule has 0 saturated carbocycles. The molecule has 0 radical (unpaired) electrons. The molecule has 0 saturated heterocycles. The Labute approximate surface area is 146 Å². The summed E-state index contributed by atoms with van der Waals surface area (Å²) in [5.74, 6) is 0. The van der Waals surface area contributed by atoms with Gasteiger partial charge in [-0.3, -0.25) is 9.98 Å². The third kappa shape index (κ3) is 3.38. The van der Waals surface area contributed by atoms with Gasteiger partial charge in [0.15, 0.2) is 0 Å². The Morgan fingerprint density at radius 1 is 0.840 bits per heavy atom. The van der Waals surface area contributed by atoms with Crippen molar-refractivity contribution in [2.75, 3.05) is 0 Å². The first-order chi connectivity index (χ1) is 12.4. The van der Waals surface area contributed by atoms with Gasteiger partial charge in [0.25, 0.3) is 0 Å². The lowest BCUT2D eigenvalue weighted by molar-refractivity contribution is 0.884. The Morgan fingerprint density at radius 2 is 1.60 bits per heavy atom. The monoisotopic (exact) mass is 324 g/mol. The number of para-hydroxylation sites is 1. The highest BCUT2D eigenvalue weighted by molar-refractivity contribution is 5.84. The molecule has 2 aromatic carbocycles. The van der Waals surface area contributed by atoms with E-state index in [4.69, 9.17) is 5.10 Å². The number of pyridine rings is 1. The third-order valence-electron chi connectivity index (χ3n) is 3.80. The molecule has 2 heterocycles. The number of nitrogens with zero attached hydrogens (tertiary/aromatic N) is 4. The highest BCUT2D eigenvalue weighted by Gasteiger charge is 2.11. The van der Waals surface area contributed by atoms with E-state index in [0.29, 0.717) is 0 Å². The molecule has 0 N–H and O–H groups in total. The zero-order valence-electron chi connectivity index (χ0n) is 13.5. The maximum atomic E-state index is 4.75. The van der Waals surface area contributed by atoms with Crippen LogP contribution in [0.1, 0.15) is 5.56 Å². The lowest BCUT2D eigenvalue weighted by atomic mass is 10.1. The molecule has 0 fully saturated rings. The van der Waals surface area contributed by atoms with Crippen molar-refractivity contribution in [3.8, 4) is 16.9 Å². The van der Waals surface area contributed by atoms with Crippen LogP contribution < -0.4 is 0 Å². The van der Waals surface area contributed by atoms with E-state index in [-0.39, 0.29) is 0 Å². The molecule has 0 spiro atoms. The molecule has 0 amide bonds. The summed E-state index contributed by atoms with van der Waals surface area (Å²) in [4.78, 5) is 8.77. The summed E-state index contributed by atoms with van der Waals surface area (Å²) >= 11 is 0. The van der Waals surface area contributed by atoms with Gasteiger partial charge in [0.1, 0.15) is 11.4 Å². The second kappa shape index (κ2) is 6.93. The van der Waals surface area contributed by atoms with E-state index in [9.17, 15) is 0 Å². The summed E-state index contributed by atoms with van der Waals surface area (Å²) in [6.45, 7) is 0. The molecule has 4 nitrogen and oxygen atoms in total. The van der Waals surface area contributed by atoms with E-state index in [2.05, 4.69) is 9.98 Å². The zero-order valence-corrected chi connectivity index (χ0v) is 13.5. The van der Waals surface area contributed by atoms with E-state index in [1.807, 2.05) is 89.9 Å². The summed E-state index contributed by atoms with van der Waals surface area (Å²) in [6.07, 6.45) is 7.30. The Balaban J connectivity index is 1.78. The van der Waals surface area contributed by atoms with Crippen LogP contribution in [0.5, 0.6) is 0 Å². The van der Waals surface area contributed by atoms with Gasteiger partial charge < -0.3 is 0 Å². The van der Waals surface area contributed by atoms with E-state index in [0.717, 1.165) is 28.2 Å². The van der Waals surface area contributed by atoms with E-state index >= 15 is 0 Å². The average molecular weight is 324 g/mol. The predicted molar refractivity (Wildman–Crippen MR) is 100 cm³/mol. The van der Waals surface area contributed by atoms with Gasteiger partial charge in [-0.05, 0) is 18.2 Å². The van der Waals surface area contributed by atoms with Gasteiger partial charge in [0.2, 0.25) is 0 Å². The number of hydrogen-bond acceptors (Lipinski definition) is 3. The van der Waals surface area contributed by atoms with Gasteiger partial charge in [0, 0.05) is 29.7 Å². The SMILES string of the molecule is C(=Nc1cn(-c2ccccc2)nc1-c1ccccc1)c1cccnc1. The van der Waals surface area contributed by atoms with Crippen molar-refractivity contribution in [3.63, 3.8) is 0 Å². The molecule has 4 heteroatoms. The van der Waals surface area contributed by atoms with Gasteiger partial charge >= 0.3 is 0 Å². The van der Waals surface area contributed by atoms with Crippen LogP contribution >= 0.6 is 0 Å². The van der Waals surface area contributed by atoms with E-state index in [1.54, 1.807) is 12.4 Å². The fourth-order valence-electron chi connectivity index (χ4n) is 2.57. The molecule has 25 heavy (non-hydrogen) atoms. The minimum absolute atomic E-state index is 0.818. The van der Waals surface area contributed by atoms with Gasteiger partial charge in [0.05, 0.1) is 11.9 Å². The lowest BCUT2D eigenvalue weighted by Crippen LogP contribution is -1.93. The zero-order chi connectivity index (χ0) is 16.9. The third-order valence-corrected chi connectivity index (χ3v) is 3.80. The average Bonchev–Trinajstić information content (AvgIpc) is 3.13. The molecule has 0 atom stereocenters. The first kappa shape index (κ1) is 15.0. The molecule has 0 bridgehead atoms. The summed E-state index contributed by atoms with van der Waals surface area (Å²) in [5, 5.41) is 4.75. The Kier molecular flexibility index (Phi) is 4.16. The maximum absolute atomic E-state index is 4.75. The summed E-state index contributed by atoms with van der Waals surface area (Å²) < 4.78 is 1.86. The molecule has 120 valence electrons. The fraction of sp³-hybridized carbons (Fsp3) is 0. The Morgan fingerprint density at radius 3 is 2.32 bits per heavy atom. The predicted octanol–water partition coefficient (Wildman–Crippen LogP) is 4.68. The molecule has 4 aromatic rings. The van der Waals surface area contributed by atoms with Gasteiger partial charge in [-0.1, -0.05) is 54.6 Å². The van der Waals surface area contributed by atoms with E-state index in [1.165, 1.54) is 0 Å². The van der Waals surface area contributed by atoms with Crippen molar-refractivity contribution in [2.24, 2.45) is 4.99 Å². The van der Waals surface area contributed by atoms with Crippen molar-refractivity contribution >= 4 is 11.9 Å². The number of rotatable bonds is 4. The topological polar surface area (TPSA) is 43.1 Å². The van der Waals surface area contributed by atoms with Crippen molar-refractivity contribution in [2.45, 2.75) is 0 Å². The number of hydrogen-bond donors (Lipinski definition) is 0. The highest BCUT2D eigenvalue weighted by Crippen LogP contribution is 2.29. The van der Waals surface area contributed by atoms with Crippen LogP contribution in [0.15, 0.2) is 96.4 Å². The molecule has 0 unspecified atom stereocenters. The summed E-state index contributed by atoms with van der Waals surface area (Å²) in [5.41, 5.74) is 4.66. The minimum atomic E-state index is 0.818. The van der Waals surface area contributed by atoms with Gasteiger partial charge in [-0.15, -0.1) is 0 Å². The van der Waals surface area contributed by atoms with Crippen LogP contribution in [0.2, 0.25) is 0 Å². The van der Waals surface area contributed by atoms with Gasteiger partial charge in [-0.25, -0.2) is 4.68 Å². The number of aliphatic imine (C=N–C) groups is 1. The quantitative estimate of drug-likeness (QED) is 0.511. The van der Waals surface area contributed by atoms with Crippen LogP contribution in [-0.2, 0) is 0 Å². The molecular formula is C21H16N4. The minimum Gasteiger partial charge on any atom is -0.264 e. The standard InChI is InChI=1S/C21H16N4/c1-3-9-18(10-4-1)21-20(23-15-17-8-7-13-22-14-17)16-25(24-21)19-11-5-2-6-12-19/h1-16H. The van der Waals surface area contributed by atoms with Crippen LogP contribution in [0, 0.1) is 0 Å². The number of aromatic nitrogens is 3. The Bertz CT molecular complexity index is 974. The summed E-state index contributed by atoms with van der Waals surface area (Å²) in [6, 6.07) is 24.0. The van der Waals surface area contributed by atoms with Crippen LogP contribution in [0.3, 0.4) is 0 Å². The first-order valence-corrected chi connectivity index (χ1v) is 8.05. The number of benzene rings is 2. The maximum Gasteiger partial charge on any atom is 0.118 e. The molecule has 0 aliphatic heterocycles. The van der Waals surface area contributed by atoms with Gasteiger partial charge in [-0.2, -0.15) is 5.10 Å². The summed E-state index contributed by atoms with van der Waals surface area (Å²) in [7, 11) is 0. The second-order valence-electron chi connectivity index (χ2n) is 5.55. The van der Waals surface area contributed by atoms with Crippen LogP contribution in [0.4, 0.5) is 5.69 Å². The van der Waals surface area contributed by atoms with Crippen LogP contribution in [-0.4, -0.2) is 21.0 Å². The van der Waals surface area contributed by atoms with Crippen molar-refractivity contribution in [1.82, 2.24) is 14.8 Å². The molecule has 0 aliphatic carbocycles. The largest absolute Gasteiger partial charge is 0.264 e. The molecule has 2 aromatic heterocycles. The second-order valence-corrected chi connectivity index (χ2v) is 5.55.